The largest absolute Gasteiger partial charge is 0.493 e. The highest BCUT2D eigenvalue weighted by Crippen LogP contribution is 2.28. The van der Waals surface area contributed by atoms with Gasteiger partial charge in [-0.05, 0) is 43.3 Å². The molecule has 0 aromatic heterocycles. The Labute approximate surface area is 163 Å². The van der Waals surface area contributed by atoms with E-state index >= 15 is 0 Å². The highest BCUT2D eigenvalue weighted by molar-refractivity contribution is 5.96. The predicted octanol–water partition coefficient (Wildman–Crippen LogP) is 2.83. The Morgan fingerprint density at radius 1 is 0.929 bits per heavy atom. The molecule has 0 N–H and O–H groups in total. The van der Waals surface area contributed by atoms with Crippen LogP contribution < -0.4 is 9.47 Å². The van der Waals surface area contributed by atoms with E-state index in [1.807, 2.05) is 6.92 Å². The molecule has 2 aromatic carbocycles. The average Bonchev–Trinajstić information content (AvgIpc) is 2.73. The summed E-state index contributed by atoms with van der Waals surface area (Å²) in [6, 6.07) is 10.7. The quantitative estimate of drug-likeness (QED) is 0.793. The van der Waals surface area contributed by atoms with Crippen molar-refractivity contribution >= 4 is 11.8 Å². The van der Waals surface area contributed by atoms with Crippen molar-refractivity contribution in [2.75, 3.05) is 39.9 Å². The van der Waals surface area contributed by atoms with Crippen LogP contribution in [0.2, 0.25) is 0 Å². The van der Waals surface area contributed by atoms with E-state index in [9.17, 15) is 14.0 Å². The molecule has 6 nitrogen and oxygen atoms in total. The molecule has 3 rings (SSSR count). The summed E-state index contributed by atoms with van der Waals surface area (Å²) in [5.74, 6) is 0.306. The lowest BCUT2D eigenvalue weighted by atomic mass is 10.1. The van der Waals surface area contributed by atoms with Crippen LogP contribution in [0.3, 0.4) is 0 Å². The van der Waals surface area contributed by atoms with Crippen molar-refractivity contribution in [2.45, 2.75) is 6.92 Å². The Bertz CT molecular complexity index is 863. The molecule has 0 aliphatic carbocycles. The van der Waals surface area contributed by atoms with Crippen LogP contribution in [0.25, 0.3) is 0 Å². The second-order valence-electron chi connectivity index (χ2n) is 6.39. The lowest BCUT2D eigenvalue weighted by Gasteiger charge is -2.35. The monoisotopic (exact) mass is 386 g/mol. The van der Waals surface area contributed by atoms with Gasteiger partial charge in [-0.2, -0.15) is 0 Å². The first-order valence-corrected chi connectivity index (χ1v) is 9.18. The molecule has 2 aromatic rings. The molecule has 0 unspecified atom stereocenters. The van der Waals surface area contributed by atoms with E-state index in [4.69, 9.17) is 9.47 Å². The zero-order valence-corrected chi connectivity index (χ0v) is 16.0. The normalized spacial score (nSPS) is 14.0. The number of hydrogen-bond donors (Lipinski definition) is 0. The molecule has 0 bridgehead atoms. The SMILES string of the molecule is CCOc1cc(C(=O)N2CCN(C(=O)c3cccc(F)c3)CC2)ccc1OC. The number of carbonyl (C=O) groups excluding carboxylic acids is 2. The van der Waals surface area contributed by atoms with E-state index in [0.29, 0.717) is 55.4 Å². The topological polar surface area (TPSA) is 59.1 Å². The van der Waals surface area contributed by atoms with Crippen molar-refractivity contribution in [2.24, 2.45) is 0 Å². The summed E-state index contributed by atoms with van der Waals surface area (Å²) in [4.78, 5) is 28.7. The second-order valence-corrected chi connectivity index (χ2v) is 6.39. The fourth-order valence-electron chi connectivity index (χ4n) is 3.18. The number of benzene rings is 2. The fourth-order valence-corrected chi connectivity index (χ4v) is 3.18. The molecule has 0 spiro atoms. The number of amides is 2. The molecule has 1 heterocycles. The molecule has 0 atom stereocenters. The summed E-state index contributed by atoms with van der Waals surface area (Å²) in [5, 5.41) is 0. The number of hydrogen-bond acceptors (Lipinski definition) is 4. The smallest absolute Gasteiger partial charge is 0.254 e. The predicted molar refractivity (Wildman–Crippen MR) is 102 cm³/mol. The highest BCUT2D eigenvalue weighted by Gasteiger charge is 2.26. The lowest BCUT2D eigenvalue weighted by Crippen LogP contribution is -2.50. The van der Waals surface area contributed by atoms with Gasteiger partial charge in [-0.1, -0.05) is 6.07 Å². The maximum absolute atomic E-state index is 13.3. The van der Waals surface area contributed by atoms with Crippen LogP contribution in [0, 0.1) is 5.82 Å². The van der Waals surface area contributed by atoms with Gasteiger partial charge < -0.3 is 19.3 Å². The van der Waals surface area contributed by atoms with E-state index in [2.05, 4.69) is 0 Å². The third-order valence-corrected chi connectivity index (χ3v) is 4.64. The number of rotatable bonds is 5. The first kappa shape index (κ1) is 19.7. The van der Waals surface area contributed by atoms with Crippen LogP contribution in [-0.4, -0.2) is 61.5 Å². The maximum atomic E-state index is 13.3. The Kier molecular flexibility index (Phi) is 6.13. The molecule has 0 saturated carbocycles. The number of ether oxygens (including phenoxy) is 2. The van der Waals surface area contributed by atoms with Crippen LogP contribution in [0.5, 0.6) is 11.5 Å². The summed E-state index contributed by atoms with van der Waals surface area (Å²) in [6.45, 7) is 3.95. The first-order chi connectivity index (χ1) is 13.5. The molecule has 148 valence electrons. The third kappa shape index (κ3) is 4.24. The molecule has 1 aliphatic rings. The van der Waals surface area contributed by atoms with Crippen molar-refractivity contribution in [3.8, 4) is 11.5 Å². The van der Waals surface area contributed by atoms with Gasteiger partial charge in [0, 0.05) is 37.3 Å². The van der Waals surface area contributed by atoms with Gasteiger partial charge >= 0.3 is 0 Å². The standard InChI is InChI=1S/C21H23FN2O4/c1-3-28-19-14-16(7-8-18(19)27-2)21(26)24-11-9-23(10-12-24)20(25)15-5-4-6-17(22)13-15/h4-8,13-14H,3,9-12H2,1-2H3. The molecule has 0 radical (unpaired) electrons. The van der Waals surface area contributed by atoms with Gasteiger partial charge in [0.1, 0.15) is 5.82 Å². The van der Waals surface area contributed by atoms with Crippen LogP contribution >= 0.6 is 0 Å². The van der Waals surface area contributed by atoms with Gasteiger partial charge in [0.15, 0.2) is 11.5 Å². The fraction of sp³-hybridized carbons (Fsp3) is 0.333. The summed E-state index contributed by atoms with van der Waals surface area (Å²) < 4.78 is 24.1. The van der Waals surface area contributed by atoms with Gasteiger partial charge in [0.25, 0.3) is 11.8 Å². The molecule has 7 heteroatoms. The number of carbonyl (C=O) groups is 2. The van der Waals surface area contributed by atoms with Gasteiger partial charge in [-0.3, -0.25) is 9.59 Å². The van der Waals surface area contributed by atoms with Crippen molar-refractivity contribution in [1.29, 1.82) is 0 Å². The Balaban J connectivity index is 1.65. The summed E-state index contributed by atoms with van der Waals surface area (Å²) in [6.07, 6.45) is 0. The Morgan fingerprint density at radius 3 is 2.07 bits per heavy atom. The van der Waals surface area contributed by atoms with Gasteiger partial charge in [-0.25, -0.2) is 4.39 Å². The summed E-state index contributed by atoms with van der Waals surface area (Å²) in [7, 11) is 1.55. The minimum atomic E-state index is -0.440. The van der Waals surface area contributed by atoms with E-state index in [1.54, 1.807) is 41.2 Å². The Hall–Kier alpha value is -3.09. The number of halogens is 1. The van der Waals surface area contributed by atoms with Crippen LogP contribution in [0.1, 0.15) is 27.6 Å². The average molecular weight is 386 g/mol. The van der Waals surface area contributed by atoms with Crippen LogP contribution in [-0.2, 0) is 0 Å². The zero-order chi connectivity index (χ0) is 20.1. The molecule has 1 fully saturated rings. The van der Waals surface area contributed by atoms with Gasteiger partial charge in [0.2, 0.25) is 0 Å². The minimum Gasteiger partial charge on any atom is -0.493 e. The molecule has 28 heavy (non-hydrogen) atoms. The van der Waals surface area contributed by atoms with Crippen molar-refractivity contribution in [3.05, 3.63) is 59.4 Å². The minimum absolute atomic E-state index is 0.124. The second kappa shape index (κ2) is 8.73. The van der Waals surface area contributed by atoms with Crippen LogP contribution in [0.4, 0.5) is 4.39 Å². The molecule has 1 saturated heterocycles. The number of nitrogens with zero attached hydrogens (tertiary/aromatic N) is 2. The molecular weight excluding hydrogens is 363 g/mol. The van der Waals surface area contributed by atoms with Crippen LogP contribution in [0.15, 0.2) is 42.5 Å². The third-order valence-electron chi connectivity index (χ3n) is 4.64. The molecule has 2 amide bonds. The Morgan fingerprint density at radius 2 is 1.54 bits per heavy atom. The van der Waals surface area contributed by atoms with E-state index in [0.717, 1.165) is 0 Å². The number of methoxy groups -OCH3 is 1. The maximum Gasteiger partial charge on any atom is 0.254 e. The summed E-state index contributed by atoms with van der Waals surface area (Å²) in [5.41, 5.74) is 0.824. The number of piperazine rings is 1. The first-order valence-electron chi connectivity index (χ1n) is 9.18. The van der Waals surface area contributed by atoms with Crippen molar-refractivity contribution in [1.82, 2.24) is 9.80 Å². The van der Waals surface area contributed by atoms with Crippen molar-refractivity contribution < 1.29 is 23.5 Å². The van der Waals surface area contributed by atoms with Crippen molar-refractivity contribution in [3.63, 3.8) is 0 Å². The zero-order valence-electron chi connectivity index (χ0n) is 16.0. The van der Waals surface area contributed by atoms with E-state index < -0.39 is 5.82 Å². The molecule has 1 aliphatic heterocycles. The lowest BCUT2D eigenvalue weighted by molar-refractivity contribution is 0.0535. The summed E-state index contributed by atoms with van der Waals surface area (Å²) >= 11 is 0. The highest BCUT2D eigenvalue weighted by atomic mass is 19.1. The molecular formula is C21H23FN2O4. The van der Waals surface area contributed by atoms with E-state index in [1.165, 1.54) is 18.2 Å². The van der Waals surface area contributed by atoms with E-state index in [-0.39, 0.29) is 11.8 Å². The van der Waals surface area contributed by atoms with Gasteiger partial charge in [0.05, 0.1) is 13.7 Å². The van der Waals surface area contributed by atoms with Gasteiger partial charge in [-0.15, -0.1) is 0 Å².